The fraction of sp³-hybridized carbons (Fsp3) is 0.353. The number of aromatic amines is 1. The van der Waals surface area contributed by atoms with E-state index in [2.05, 4.69) is 10.2 Å². The van der Waals surface area contributed by atoms with Crippen LogP contribution in [-0.4, -0.2) is 46.5 Å². The van der Waals surface area contributed by atoms with Crippen molar-refractivity contribution in [2.24, 2.45) is 5.41 Å². The molecule has 2 amide bonds. The number of carbonyl (C=O) groups excluding carboxylic acids is 2. The number of nitrogens with zero attached hydrogens (tertiary/aromatic N) is 3. The SMILES string of the molecule is O=C(c1ccn[nH]1)N1CCC2(CC(=O)N(c3ccc(F)c(F)c3)C2)C1. The minimum atomic E-state index is -0.978. The van der Waals surface area contributed by atoms with Gasteiger partial charge in [-0.3, -0.25) is 14.7 Å². The van der Waals surface area contributed by atoms with E-state index in [4.69, 9.17) is 0 Å². The molecule has 8 heteroatoms. The third kappa shape index (κ3) is 2.67. The molecular formula is C17H16F2N4O2. The van der Waals surface area contributed by atoms with Gasteiger partial charge in [0.25, 0.3) is 5.91 Å². The highest BCUT2D eigenvalue weighted by Crippen LogP contribution is 2.42. The number of rotatable bonds is 2. The highest BCUT2D eigenvalue weighted by Gasteiger charge is 2.49. The van der Waals surface area contributed by atoms with Crippen molar-refractivity contribution in [3.8, 4) is 0 Å². The molecule has 3 heterocycles. The Bertz CT molecular complexity index is 839. The van der Waals surface area contributed by atoms with Gasteiger partial charge in [0.05, 0.1) is 0 Å². The number of aromatic nitrogens is 2. The van der Waals surface area contributed by atoms with Crippen molar-refractivity contribution in [3.05, 3.63) is 47.8 Å². The maximum absolute atomic E-state index is 13.5. The molecule has 2 aliphatic heterocycles. The van der Waals surface area contributed by atoms with Crippen molar-refractivity contribution in [2.45, 2.75) is 12.8 Å². The second-order valence-electron chi connectivity index (χ2n) is 6.70. The molecule has 4 rings (SSSR count). The maximum atomic E-state index is 13.5. The summed E-state index contributed by atoms with van der Waals surface area (Å²) in [6.45, 7) is 1.40. The van der Waals surface area contributed by atoms with Crippen LogP contribution in [0.3, 0.4) is 0 Å². The number of nitrogens with one attached hydrogen (secondary N) is 1. The van der Waals surface area contributed by atoms with Gasteiger partial charge in [-0.15, -0.1) is 0 Å². The van der Waals surface area contributed by atoms with Gasteiger partial charge >= 0.3 is 0 Å². The van der Waals surface area contributed by atoms with Gasteiger partial charge in [-0.2, -0.15) is 5.10 Å². The lowest BCUT2D eigenvalue weighted by Crippen LogP contribution is -2.34. The largest absolute Gasteiger partial charge is 0.337 e. The van der Waals surface area contributed by atoms with Crippen LogP contribution in [-0.2, 0) is 4.79 Å². The van der Waals surface area contributed by atoms with Gasteiger partial charge in [0.1, 0.15) is 5.69 Å². The zero-order valence-electron chi connectivity index (χ0n) is 13.3. The predicted octanol–water partition coefficient (Wildman–Crippen LogP) is 1.96. The Labute approximate surface area is 142 Å². The topological polar surface area (TPSA) is 69.3 Å². The first-order valence-electron chi connectivity index (χ1n) is 8.02. The van der Waals surface area contributed by atoms with Crippen LogP contribution < -0.4 is 4.90 Å². The normalized spacial score (nSPS) is 23.0. The summed E-state index contributed by atoms with van der Waals surface area (Å²) in [5, 5.41) is 6.43. The van der Waals surface area contributed by atoms with E-state index >= 15 is 0 Å². The van der Waals surface area contributed by atoms with Crippen molar-refractivity contribution < 1.29 is 18.4 Å². The first kappa shape index (κ1) is 15.7. The number of likely N-dealkylation sites (tertiary alicyclic amines) is 1. The number of anilines is 1. The molecule has 0 bridgehead atoms. The van der Waals surface area contributed by atoms with E-state index in [-0.39, 0.29) is 17.2 Å². The van der Waals surface area contributed by atoms with E-state index in [0.29, 0.717) is 43.9 Å². The number of hydrogen-bond acceptors (Lipinski definition) is 3. The first-order valence-corrected chi connectivity index (χ1v) is 8.02. The summed E-state index contributed by atoms with van der Waals surface area (Å²) in [6.07, 6.45) is 2.50. The Morgan fingerprint density at radius 2 is 2.04 bits per heavy atom. The lowest BCUT2D eigenvalue weighted by atomic mass is 9.86. The molecule has 1 spiro atoms. The monoisotopic (exact) mass is 346 g/mol. The summed E-state index contributed by atoms with van der Waals surface area (Å²) in [6, 6.07) is 5.07. The average molecular weight is 346 g/mol. The van der Waals surface area contributed by atoms with Crippen LogP contribution in [0.1, 0.15) is 23.3 Å². The highest BCUT2D eigenvalue weighted by atomic mass is 19.2. The van der Waals surface area contributed by atoms with E-state index in [1.54, 1.807) is 11.0 Å². The summed E-state index contributed by atoms with van der Waals surface area (Å²) >= 11 is 0. The van der Waals surface area contributed by atoms with Crippen molar-refractivity contribution >= 4 is 17.5 Å². The summed E-state index contributed by atoms with van der Waals surface area (Å²) in [5.74, 6) is -2.20. The Balaban J connectivity index is 1.52. The molecule has 1 aromatic heterocycles. The lowest BCUT2D eigenvalue weighted by Gasteiger charge is -2.24. The zero-order valence-corrected chi connectivity index (χ0v) is 13.3. The van der Waals surface area contributed by atoms with E-state index in [1.165, 1.54) is 17.2 Å². The predicted molar refractivity (Wildman–Crippen MR) is 84.9 cm³/mol. The van der Waals surface area contributed by atoms with Gasteiger partial charge in [-0.05, 0) is 24.6 Å². The Morgan fingerprint density at radius 3 is 2.76 bits per heavy atom. The minimum Gasteiger partial charge on any atom is -0.337 e. The molecule has 1 atom stereocenters. The molecule has 2 aromatic rings. The van der Waals surface area contributed by atoms with E-state index in [9.17, 15) is 18.4 Å². The first-order chi connectivity index (χ1) is 12.0. The minimum absolute atomic E-state index is 0.137. The number of benzene rings is 1. The molecule has 1 unspecified atom stereocenters. The molecule has 1 N–H and O–H groups in total. The van der Waals surface area contributed by atoms with Gasteiger partial charge in [0, 0.05) is 49.4 Å². The summed E-state index contributed by atoms with van der Waals surface area (Å²) < 4.78 is 26.6. The van der Waals surface area contributed by atoms with Crippen molar-refractivity contribution in [2.75, 3.05) is 24.5 Å². The number of H-pyrrole nitrogens is 1. The molecule has 2 aliphatic rings. The molecule has 0 saturated carbocycles. The Morgan fingerprint density at radius 1 is 1.20 bits per heavy atom. The van der Waals surface area contributed by atoms with Crippen LogP contribution in [0.4, 0.5) is 14.5 Å². The van der Waals surface area contributed by atoms with E-state index in [0.717, 1.165) is 12.1 Å². The Hall–Kier alpha value is -2.77. The van der Waals surface area contributed by atoms with Crippen molar-refractivity contribution in [1.29, 1.82) is 0 Å². The van der Waals surface area contributed by atoms with E-state index < -0.39 is 11.6 Å². The average Bonchev–Trinajstić information content (AvgIpc) is 3.31. The number of carbonyl (C=O) groups is 2. The van der Waals surface area contributed by atoms with Crippen LogP contribution in [0, 0.1) is 17.0 Å². The summed E-state index contributed by atoms with van der Waals surface area (Å²) in [4.78, 5) is 28.0. The zero-order chi connectivity index (χ0) is 17.6. The maximum Gasteiger partial charge on any atom is 0.271 e. The number of hydrogen-bond donors (Lipinski definition) is 1. The van der Waals surface area contributed by atoms with Crippen molar-refractivity contribution in [1.82, 2.24) is 15.1 Å². The second-order valence-corrected chi connectivity index (χ2v) is 6.70. The van der Waals surface area contributed by atoms with E-state index in [1.807, 2.05) is 0 Å². The van der Waals surface area contributed by atoms with Crippen molar-refractivity contribution in [3.63, 3.8) is 0 Å². The van der Waals surface area contributed by atoms with Crippen LogP contribution in [0.15, 0.2) is 30.5 Å². The molecule has 25 heavy (non-hydrogen) atoms. The number of amides is 2. The van der Waals surface area contributed by atoms with Gasteiger partial charge in [-0.25, -0.2) is 8.78 Å². The number of halogens is 2. The highest BCUT2D eigenvalue weighted by molar-refractivity contribution is 5.97. The molecule has 2 saturated heterocycles. The van der Waals surface area contributed by atoms with Crippen LogP contribution in [0.5, 0.6) is 0 Å². The van der Waals surface area contributed by atoms with Gasteiger partial charge in [0.15, 0.2) is 11.6 Å². The molecule has 2 fully saturated rings. The molecule has 6 nitrogen and oxygen atoms in total. The molecular weight excluding hydrogens is 330 g/mol. The van der Waals surface area contributed by atoms with Crippen LogP contribution >= 0.6 is 0 Å². The molecule has 0 aliphatic carbocycles. The Kier molecular flexibility index (Phi) is 3.55. The summed E-state index contributed by atoms with van der Waals surface area (Å²) in [5.41, 5.74) is 0.412. The van der Waals surface area contributed by atoms with Gasteiger partial charge in [0.2, 0.25) is 5.91 Å². The summed E-state index contributed by atoms with van der Waals surface area (Å²) in [7, 11) is 0. The molecule has 1 aromatic carbocycles. The van der Waals surface area contributed by atoms with Gasteiger partial charge in [-0.1, -0.05) is 0 Å². The van der Waals surface area contributed by atoms with Crippen LogP contribution in [0.2, 0.25) is 0 Å². The smallest absolute Gasteiger partial charge is 0.271 e. The lowest BCUT2D eigenvalue weighted by molar-refractivity contribution is -0.117. The van der Waals surface area contributed by atoms with Crippen LogP contribution in [0.25, 0.3) is 0 Å². The fourth-order valence-corrected chi connectivity index (χ4v) is 3.71. The molecule has 130 valence electrons. The quantitative estimate of drug-likeness (QED) is 0.904. The third-order valence-electron chi connectivity index (χ3n) is 4.99. The second kappa shape index (κ2) is 5.65. The van der Waals surface area contributed by atoms with Gasteiger partial charge < -0.3 is 9.80 Å². The third-order valence-corrected chi connectivity index (χ3v) is 4.99. The molecule has 0 radical (unpaired) electrons. The standard InChI is InChI=1S/C17H16F2N4O2/c18-12-2-1-11(7-13(12)19)23-10-17(8-15(23)24)4-6-22(9-17)16(25)14-3-5-20-21-14/h1-3,5,7H,4,6,8-10H2,(H,20,21). The fourth-order valence-electron chi connectivity index (χ4n) is 3.71.